The first-order valence-electron chi connectivity index (χ1n) is 4.63. The second-order valence-corrected chi connectivity index (χ2v) is 3.78. The lowest BCUT2D eigenvalue weighted by Gasteiger charge is -2.33. The molecule has 1 N–H and O–H groups in total. The summed E-state index contributed by atoms with van der Waals surface area (Å²) in [5.74, 6) is 0. The van der Waals surface area contributed by atoms with Crippen molar-refractivity contribution in [1.29, 1.82) is 0 Å². The van der Waals surface area contributed by atoms with Crippen LogP contribution in [-0.2, 0) is 5.60 Å². The van der Waals surface area contributed by atoms with Gasteiger partial charge in [0.15, 0.2) is 0 Å². The van der Waals surface area contributed by atoms with Crippen LogP contribution in [0.4, 0.5) is 26.3 Å². The zero-order valence-corrected chi connectivity index (χ0v) is 9.02. The molecule has 8 heteroatoms. The number of aryl methyl sites for hydroxylation is 1. The summed E-state index contributed by atoms with van der Waals surface area (Å²) in [6.45, 7) is 1.24. The Morgan fingerprint density at radius 3 is 1.78 bits per heavy atom. The van der Waals surface area contributed by atoms with E-state index in [0.29, 0.717) is 12.1 Å². The molecular formula is C10H7BF6O. The predicted octanol–water partition coefficient (Wildman–Crippen LogP) is 2.10. The van der Waals surface area contributed by atoms with Gasteiger partial charge >= 0.3 is 12.4 Å². The largest absolute Gasteiger partial charge is 0.430 e. The summed E-state index contributed by atoms with van der Waals surface area (Å²) >= 11 is 0. The van der Waals surface area contributed by atoms with Gasteiger partial charge in [0, 0.05) is 5.56 Å². The van der Waals surface area contributed by atoms with E-state index in [9.17, 15) is 26.3 Å². The number of benzene rings is 1. The van der Waals surface area contributed by atoms with Gasteiger partial charge in [-0.1, -0.05) is 29.2 Å². The van der Waals surface area contributed by atoms with Gasteiger partial charge in [0.2, 0.25) is 0 Å². The fourth-order valence-corrected chi connectivity index (χ4v) is 1.39. The molecule has 2 radical (unpaired) electrons. The highest BCUT2D eigenvalue weighted by Gasteiger charge is 2.71. The van der Waals surface area contributed by atoms with Crippen LogP contribution < -0.4 is 5.46 Å². The van der Waals surface area contributed by atoms with Crippen LogP contribution in [0.1, 0.15) is 11.1 Å². The van der Waals surface area contributed by atoms with E-state index in [-0.39, 0.29) is 11.0 Å². The van der Waals surface area contributed by atoms with Crippen molar-refractivity contribution in [2.45, 2.75) is 24.9 Å². The standard InChI is InChI=1S/C10H7BF6O/c1-5-4-6(2-3-7(5)11)8(18,9(12,13)14)10(15,16)17/h2-4,18H,1H3. The molecule has 0 saturated heterocycles. The minimum Gasteiger partial charge on any atom is -0.369 e. The van der Waals surface area contributed by atoms with Crippen molar-refractivity contribution in [3.8, 4) is 0 Å². The zero-order chi connectivity index (χ0) is 14.4. The maximum Gasteiger partial charge on any atom is 0.430 e. The summed E-state index contributed by atoms with van der Waals surface area (Å²) in [5.41, 5.74) is -6.17. The minimum atomic E-state index is -5.88. The number of alkyl halides is 6. The minimum absolute atomic E-state index is 0.0134. The van der Waals surface area contributed by atoms with E-state index in [1.807, 2.05) is 0 Å². The van der Waals surface area contributed by atoms with E-state index in [4.69, 9.17) is 13.0 Å². The maximum absolute atomic E-state index is 12.5. The summed E-state index contributed by atoms with van der Waals surface area (Å²) in [6.07, 6.45) is -11.8. The molecule has 18 heavy (non-hydrogen) atoms. The highest BCUT2D eigenvalue weighted by atomic mass is 19.4. The Kier molecular flexibility index (Phi) is 3.46. The van der Waals surface area contributed by atoms with Crippen molar-refractivity contribution >= 4 is 13.3 Å². The van der Waals surface area contributed by atoms with Crippen LogP contribution in [0.5, 0.6) is 0 Å². The summed E-state index contributed by atoms with van der Waals surface area (Å²) < 4.78 is 75.1. The highest BCUT2D eigenvalue weighted by molar-refractivity contribution is 6.33. The Morgan fingerprint density at radius 2 is 1.44 bits per heavy atom. The Labute approximate surface area is 99.8 Å². The molecule has 0 aliphatic rings. The lowest BCUT2D eigenvalue weighted by Crippen LogP contribution is -2.54. The second kappa shape index (κ2) is 4.19. The first-order valence-corrected chi connectivity index (χ1v) is 4.63. The van der Waals surface area contributed by atoms with Crippen molar-refractivity contribution in [3.63, 3.8) is 0 Å². The summed E-state index contributed by atoms with van der Waals surface area (Å²) in [5, 5.41) is 9.08. The normalized spacial score (nSPS) is 13.8. The quantitative estimate of drug-likeness (QED) is 0.610. The molecule has 0 aliphatic carbocycles. The average molecular weight is 268 g/mol. The molecule has 0 aromatic heterocycles. The third-order valence-corrected chi connectivity index (χ3v) is 2.51. The van der Waals surface area contributed by atoms with E-state index >= 15 is 0 Å². The van der Waals surface area contributed by atoms with E-state index in [0.717, 1.165) is 6.07 Å². The van der Waals surface area contributed by atoms with Crippen molar-refractivity contribution < 1.29 is 31.4 Å². The van der Waals surface area contributed by atoms with Gasteiger partial charge in [-0.2, -0.15) is 26.3 Å². The Morgan fingerprint density at radius 1 is 1.00 bits per heavy atom. The van der Waals surface area contributed by atoms with Gasteiger partial charge in [0.25, 0.3) is 5.60 Å². The molecule has 0 heterocycles. The maximum atomic E-state index is 12.5. The topological polar surface area (TPSA) is 20.2 Å². The number of hydrogen-bond donors (Lipinski definition) is 1. The van der Waals surface area contributed by atoms with Gasteiger partial charge < -0.3 is 5.11 Å². The third kappa shape index (κ3) is 2.21. The Balaban J connectivity index is 3.51. The van der Waals surface area contributed by atoms with Crippen molar-refractivity contribution in [3.05, 3.63) is 29.3 Å². The number of hydrogen-bond acceptors (Lipinski definition) is 1. The van der Waals surface area contributed by atoms with Crippen LogP contribution in [0.3, 0.4) is 0 Å². The van der Waals surface area contributed by atoms with Crippen LogP contribution in [0.25, 0.3) is 0 Å². The molecule has 0 unspecified atom stereocenters. The Hall–Kier alpha value is -1.18. The zero-order valence-electron chi connectivity index (χ0n) is 9.02. The van der Waals surface area contributed by atoms with E-state index in [1.54, 1.807) is 0 Å². The molecule has 0 bridgehead atoms. The Bertz CT molecular complexity index is 437. The van der Waals surface area contributed by atoms with Gasteiger partial charge in [-0.05, 0) is 6.92 Å². The van der Waals surface area contributed by atoms with Crippen LogP contribution >= 0.6 is 0 Å². The monoisotopic (exact) mass is 268 g/mol. The van der Waals surface area contributed by atoms with Gasteiger partial charge in [-0.3, -0.25) is 0 Å². The third-order valence-electron chi connectivity index (χ3n) is 2.51. The molecule has 0 aliphatic heterocycles. The number of aliphatic hydroxyl groups is 1. The van der Waals surface area contributed by atoms with Gasteiger partial charge in [0.05, 0.1) is 0 Å². The number of rotatable bonds is 1. The summed E-state index contributed by atoms with van der Waals surface area (Å²) in [4.78, 5) is 0. The van der Waals surface area contributed by atoms with Crippen LogP contribution in [-0.4, -0.2) is 25.3 Å². The molecule has 1 rings (SSSR count). The first kappa shape index (κ1) is 14.9. The number of halogens is 6. The van der Waals surface area contributed by atoms with E-state index in [1.165, 1.54) is 6.92 Å². The molecule has 0 saturated carbocycles. The molecular weight excluding hydrogens is 261 g/mol. The lowest BCUT2D eigenvalue weighted by molar-refractivity contribution is -0.376. The predicted molar refractivity (Wildman–Crippen MR) is 52.6 cm³/mol. The fraction of sp³-hybridized carbons (Fsp3) is 0.400. The lowest BCUT2D eigenvalue weighted by atomic mass is 9.85. The molecule has 1 nitrogen and oxygen atoms in total. The SMILES string of the molecule is [B]c1ccc(C(O)(C(F)(F)F)C(F)(F)F)cc1C. The molecule has 0 fully saturated rings. The molecule has 1 aromatic rings. The molecule has 0 spiro atoms. The van der Waals surface area contributed by atoms with Gasteiger partial charge in [-0.25, -0.2) is 0 Å². The first-order chi connectivity index (χ1) is 7.91. The molecule has 0 atom stereocenters. The van der Waals surface area contributed by atoms with Crippen LogP contribution in [0, 0.1) is 6.92 Å². The van der Waals surface area contributed by atoms with Crippen LogP contribution in [0.15, 0.2) is 18.2 Å². The van der Waals surface area contributed by atoms with Crippen LogP contribution in [0.2, 0.25) is 0 Å². The highest BCUT2D eigenvalue weighted by Crippen LogP contribution is 2.49. The smallest absolute Gasteiger partial charge is 0.369 e. The van der Waals surface area contributed by atoms with Crippen molar-refractivity contribution in [2.75, 3.05) is 0 Å². The average Bonchev–Trinajstić information content (AvgIpc) is 2.17. The van der Waals surface area contributed by atoms with E-state index < -0.39 is 23.5 Å². The summed E-state index contributed by atoms with van der Waals surface area (Å²) in [7, 11) is 5.31. The second-order valence-electron chi connectivity index (χ2n) is 3.78. The fourth-order valence-electron chi connectivity index (χ4n) is 1.39. The van der Waals surface area contributed by atoms with E-state index in [2.05, 4.69) is 0 Å². The molecule has 0 amide bonds. The van der Waals surface area contributed by atoms with Crippen molar-refractivity contribution in [1.82, 2.24) is 0 Å². The summed E-state index contributed by atoms with van der Waals surface area (Å²) in [6, 6.07) is 1.95. The van der Waals surface area contributed by atoms with Crippen molar-refractivity contribution in [2.24, 2.45) is 0 Å². The molecule has 1 aromatic carbocycles. The van der Waals surface area contributed by atoms with Gasteiger partial charge in [-0.15, -0.1) is 0 Å². The molecule has 98 valence electrons. The van der Waals surface area contributed by atoms with Gasteiger partial charge in [0.1, 0.15) is 7.85 Å².